The lowest BCUT2D eigenvalue weighted by Gasteiger charge is -2.22. The molecule has 19 heavy (non-hydrogen) atoms. The van der Waals surface area contributed by atoms with Gasteiger partial charge in [-0.25, -0.2) is 4.98 Å². The van der Waals surface area contributed by atoms with E-state index in [1.807, 2.05) is 6.92 Å². The highest BCUT2D eigenvalue weighted by molar-refractivity contribution is 7.11. The predicted octanol–water partition coefficient (Wildman–Crippen LogP) is 1.91. The number of rotatable bonds is 4. The number of hydrogen-bond donors (Lipinski definition) is 1. The number of nitrogens with zero attached hydrogens (tertiary/aromatic N) is 2. The van der Waals surface area contributed by atoms with Gasteiger partial charge in [0.05, 0.1) is 23.4 Å². The van der Waals surface area contributed by atoms with E-state index >= 15 is 0 Å². The second-order valence-electron chi connectivity index (χ2n) is 5.02. The number of carboxylic acids is 1. The van der Waals surface area contributed by atoms with Gasteiger partial charge in [0.25, 0.3) is 0 Å². The SMILES string of the molecule is Cc1ncc(CN(C)C(=O)[C@@H]2CCC[C@@H]2C(=O)O)s1. The van der Waals surface area contributed by atoms with Crippen LogP contribution in [0.2, 0.25) is 0 Å². The highest BCUT2D eigenvalue weighted by Gasteiger charge is 2.38. The number of aliphatic carboxylic acids is 1. The van der Waals surface area contributed by atoms with Crippen molar-refractivity contribution in [3.8, 4) is 0 Å². The Morgan fingerprint density at radius 2 is 2.16 bits per heavy atom. The molecule has 1 saturated carbocycles. The Kier molecular flexibility index (Phi) is 4.19. The third-order valence-corrected chi connectivity index (χ3v) is 4.49. The van der Waals surface area contributed by atoms with Gasteiger partial charge >= 0.3 is 5.97 Å². The molecule has 0 bridgehead atoms. The maximum Gasteiger partial charge on any atom is 0.307 e. The molecule has 1 heterocycles. The molecule has 0 saturated heterocycles. The van der Waals surface area contributed by atoms with E-state index in [0.717, 1.165) is 16.3 Å². The molecule has 0 radical (unpaired) electrons. The molecule has 0 aromatic carbocycles. The first kappa shape index (κ1) is 14.0. The van der Waals surface area contributed by atoms with Crippen LogP contribution in [-0.4, -0.2) is 33.9 Å². The predicted molar refractivity (Wildman–Crippen MR) is 71.8 cm³/mol. The second kappa shape index (κ2) is 5.69. The maximum absolute atomic E-state index is 12.3. The number of amides is 1. The quantitative estimate of drug-likeness (QED) is 0.915. The Morgan fingerprint density at radius 3 is 2.74 bits per heavy atom. The summed E-state index contributed by atoms with van der Waals surface area (Å²) < 4.78 is 0. The lowest BCUT2D eigenvalue weighted by Crippen LogP contribution is -2.36. The van der Waals surface area contributed by atoms with Crippen molar-refractivity contribution in [1.29, 1.82) is 0 Å². The number of carboxylic acid groups (broad SMARTS) is 1. The minimum absolute atomic E-state index is 0.0593. The van der Waals surface area contributed by atoms with Crippen molar-refractivity contribution in [2.45, 2.75) is 32.7 Å². The largest absolute Gasteiger partial charge is 0.481 e. The number of carbonyl (C=O) groups excluding carboxylic acids is 1. The van der Waals surface area contributed by atoms with Crippen LogP contribution in [0.4, 0.5) is 0 Å². The van der Waals surface area contributed by atoms with Gasteiger partial charge in [-0.3, -0.25) is 9.59 Å². The number of carbonyl (C=O) groups is 2. The molecule has 1 aromatic heterocycles. The van der Waals surface area contributed by atoms with Crippen LogP contribution in [0.3, 0.4) is 0 Å². The molecule has 1 N–H and O–H groups in total. The molecule has 1 aliphatic rings. The summed E-state index contributed by atoms with van der Waals surface area (Å²) >= 11 is 1.56. The van der Waals surface area contributed by atoms with Gasteiger partial charge < -0.3 is 10.0 Å². The summed E-state index contributed by atoms with van der Waals surface area (Å²) in [6.07, 6.45) is 3.88. The van der Waals surface area contributed by atoms with Crippen LogP contribution in [-0.2, 0) is 16.1 Å². The van der Waals surface area contributed by atoms with Crippen LogP contribution < -0.4 is 0 Å². The number of hydrogen-bond acceptors (Lipinski definition) is 4. The zero-order valence-electron chi connectivity index (χ0n) is 11.1. The maximum atomic E-state index is 12.3. The normalized spacial score (nSPS) is 22.4. The lowest BCUT2D eigenvalue weighted by atomic mass is 9.95. The van der Waals surface area contributed by atoms with E-state index in [9.17, 15) is 9.59 Å². The molecule has 0 unspecified atom stereocenters. The smallest absolute Gasteiger partial charge is 0.307 e. The molecule has 1 amide bonds. The Hall–Kier alpha value is -1.43. The average molecular weight is 282 g/mol. The van der Waals surface area contributed by atoms with Crippen LogP contribution in [0, 0.1) is 18.8 Å². The minimum Gasteiger partial charge on any atom is -0.481 e. The van der Waals surface area contributed by atoms with Crippen LogP contribution in [0.1, 0.15) is 29.1 Å². The third kappa shape index (κ3) is 3.12. The molecule has 1 fully saturated rings. The van der Waals surface area contributed by atoms with Crippen LogP contribution >= 0.6 is 11.3 Å². The highest BCUT2D eigenvalue weighted by Crippen LogP contribution is 2.33. The Bertz CT molecular complexity index is 486. The highest BCUT2D eigenvalue weighted by atomic mass is 32.1. The summed E-state index contributed by atoms with van der Waals surface area (Å²) in [6.45, 7) is 2.43. The summed E-state index contributed by atoms with van der Waals surface area (Å²) in [5, 5.41) is 10.1. The molecule has 1 aromatic rings. The third-order valence-electron chi connectivity index (χ3n) is 3.59. The molecule has 0 spiro atoms. The number of thiazole rings is 1. The van der Waals surface area contributed by atoms with E-state index in [1.54, 1.807) is 29.5 Å². The molecular formula is C13H18N2O3S. The molecule has 1 aliphatic carbocycles. The zero-order chi connectivity index (χ0) is 14.0. The summed E-state index contributed by atoms with van der Waals surface area (Å²) in [5.74, 6) is -1.79. The minimum atomic E-state index is -0.849. The second-order valence-corrected chi connectivity index (χ2v) is 6.34. The average Bonchev–Trinajstić information content (AvgIpc) is 2.97. The fraction of sp³-hybridized carbons (Fsp3) is 0.615. The van der Waals surface area contributed by atoms with Gasteiger partial charge in [0.15, 0.2) is 0 Å². The van der Waals surface area contributed by atoms with E-state index < -0.39 is 11.9 Å². The lowest BCUT2D eigenvalue weighted by molar-refractivity contribution is -0.148. The van der Waals surface area contributed by atoms with Gasteiger partial charge in [0.1, 0.15) is 0 Å². The Morgan fingerprint density at radius 1 is 1.47 bits per heavy atom. The first-order chi connectivity index (χ1) is 8.99. The summed E-state index contributed by atoms with van der Waals surface area (Å²) in [7, 11) is 1.73. The first-order valence-electron chi connectivity index (χ1n) is 6.38. The van der Waals surface area contributed by atoms with Gasteiger partial charge in [-0.15, -0.1) is 11.3 Å². The Balaban J connectivity index is 2.00. The molecular weight excluding hydrogens is 264 g/mol. The molecule has 2 rings (SSSR count). The van der Waals surface area contributed by atoms with Crippen molar-refractivity contribution in [2.24, 2.45) is 11.8 Å². The molecule has 2 atom stereocenters. The van der Waals surface area contributed by atoms with Gasteiger partial charge in [-0.1, -0.05) is 6.42 Å². The van der Waals surface area contributed by atoms with Crippen molar-refractivity contribution < 1.29 is 14.7 Å². The van der Waals surface area contributed by atoms with Gasteiger partial charge in [-0.05, 0) is 19.8 Å². The van der Waals surface area contributed by atoms with Crippen molar-refractivity contribution >= 4 is 23.2 Å². The van der Waals surface area contributed by atoms with E-state index in [1.165, 1.54) is 0 Å². The first-order valence-corrected chi connectivity index (χ1v) is 7.19. The zero-order valence-corrected chi connectivity index (χ0v) is 11.9. The van der Waals surface area contributed by atoms with Crippen molar-refractivity contribution in [3.63, 3.8) is 0 Å². The van der Waals surface area contributed by atoms with E-state index in [-0.39, 0.29) is 11.8 Å². The standard InChI is InChI=1S/C13H18N2O3S/c1-8-14-6-9(19-8)7-15(2)12(16)10-4-3-5-11(10)13(17)18/h6,10-11H,3-5,7H2,1-2H3,(H,17,18)/t10-,11+/m1/s1. The topological polar surface area (TPSA) is 70.5 Å². The summed E-state index contributed by atoms with van der Waals surface area (Å²) in [6, 6.07) is 0. The van der Waals surface area contributed by atoms with Gasteiger partial charge in [0, 0.05) is 18.1 Å². The number of aromatic nitrogens is 1. The van der Waals surface area contributed by atoms with Crippen LogP contribution in [0.5, 0.6) is 0 Å². The van der Waals surface area contributed by atoms with E-state index in [4.69, 9.17) is 5.11 Å². The molecule has 0 aliphatic heterocycles. The van der Waals surface area contributed by atoms with E-state index in [0.29, 0.717) is 19.4 Å². The van der Waals surface area contributed by atoms with E-state index in [2.05, 4.69) is 4.98 Å². The Labute approximate surface area is 116 Å². The number of aryl methyl sites for hydroxylation is 1. The summed E-state index contributed by atoms with van der Waals surface area (Å²) in [4.78, 5) is 30.2. The van der Waals surface area contributed by atoms with Gasteiger partial charge in [0.2, 0.25) is 5.91 Å². The molecule has 6 heteroatoms. The fourth-order valence-electron chi connectivity index (χ4n) is 2.62. The van der Waals surface area contributed by atoms with Crippen LogP contribution in [0.25, 0.3) is 0 Å². The van der Waals surface area contributed by atoms with Gasteiger partial charge in [-0.2, -0.15) is 0 Å². The summed E-state index contributed by atoms with van der Waals surface area (Å²) in [5.41, 5.74) is 0. The van der Waals surface area contributed by atoms with Crippen molar-refractivity contribution in [2.75, 3.05) is 7.05 Å². The van der Waals surface area contributed by atoms with Crippen molar-refractivity contribution in [3.05, 3.63) is 16.1 Å². The van der Waals surface area contributed by atoms with Crippen LogP contribution in [0.15, 0.2) is 6.20 Å². The van der Waals surface area contributed by atoms with Crippen molar-refractivity contribution in [1.82, 2.24) is 9.88 Å². The molecule has 104 valence electrons. The fourth-order valence-corrected chi connectivity index (χ4v) is 3.47. The monoisotopic (exact) mass is 282 g/mol. The molecule has 5 nitrogen and oxygen atoms in total.